The molecule has 3 aromatic rings. The molecule has 0 aliphatic heterocycles. The molecule has 3 rings (SSSR count). The van der Waals surface area contributed by atoms with Crippen LogP contribution in [0.3, 0.4) is 0 Å². The van der Waals surface area contributed by atoms with Crippen molar-refractivity contribution in [3.05, 3.63) is 83.7 Å². The number of esters is 1. The van der Waals surface area contributed by atoms with E-state index >= 15 is 0 Å². The highest BCUT2D eigenvalue weighted by molar-refractivity contribution is 5.91. The maximum atomic E-state index is 13.2. The number of rotatable bonds is 6. The lowest BCUT2D eigenvalue weighted by Gasteiger charge is -2.16. The number of amides is 1. The van der Waals surface area contributed by atoms with Crippen LogP contribution < -0.4 is 0 Å². The minimum atomic E-state index is -0.975. The first-order valence-electron chi connectivity index (χ1n) is 8.38. The van der Waals surface area contributed by atoms with Crippen molar-refractivity contribution < 1.29 is 23.1 Å². The highest BCUT2D eigenvalue weighted by Gasteiger charge is 2.16. The summed E-state index contributed by atoms with van der Waals surface area (Å²) in [5.41, 5.74) is 1.38. The largest absolute Gasteiger partial charge is 0.452 e. The zero-order valence-corrected chi connectivity index (χ0v) is 15.0. The van der Waals surface area contributed by atoms with E-state index in [0.717, 1.165) is 23.4 Å². The predicted molar refractivity (Wildman–Crippen MR) is 96.7 cm³/mol. The van der Waals surface area contributed by atoms with E-state index < -0.39 is 30.1 Å². The number of hydrogen-bond donors (Lipinski definition) is 0. The summed E-state index contributed by atoms with van der Waals surface area (Å²) < 4.78 is 32.8. The zero-order chi connectivity index (χ0) is 20.1. The van der Waals surface area contributed by atoms with Gasteiger partial charge in [0.1, 0.15) is 11.6 Å². The summed E-state index contributed by atoms with van der Waals surface area (Å²) in [7, 11) is 1.55. The van der Waals surface area contributed by atoms with E-state index in [1.807, 2.05) is 30.3 Å². The second-order valence-electron chi connectivity index (χ2n) is 6.11. The average molecular weight is 385 g/mol. The number of para-hydroxylation sites is 1. The molecule has 28 heavy (non-hydrogen) atoms. The Bertz CT molecular complexity index is 969. The monoisotopic (exact) mass is 385 g/mol. The van der Waals surface area contributed by atoms with E-state index in [9.17, 15) is 18.4 Å². The summed E-state index contributed by atoms with van der Waals surface area (Å²) in [5.74, 6) is -3.23. The molecule has 144 valence electrons. The first-order valence-corrected chi connectivity index (χ1v) is 8.38. The summed E-state index contributed by atoms with van der Waals surface area (Å²) in [6.45, 7) is -0.280. The van der Waals surface area contributed by atoms with Gasteiger partial charge in [0.15, 0.2) is 6.61 Å². The summed E-state index contributed by atoms with van der Waals surface area (Å²) in [4.78, 5) is 25.4. The summed E-state index contributed by atoms with van der Waals surface area (Å²) in [6.07, 6.45) is 3.43. The molecule has 0 saturated heterocycles. The van der Waals surface area contributed by atoms with Crippen molar-refractivity contribution >= 4 is 11.9 Å². The molecule has 0 aliphatic carbocycles. The minimum absolute atomic E-state index is 0.262. The van der Waals surface area contributed by atoms with Gasteiger partial charge in [0.2, 0.25) is 0 Å². The number of halogens is 2. The van der Waals surface area contributed by atoms with Crippen molar-refractivity contribution in [2.75, 3.05) is 13.7 Å². The third-order valence-electron chi connectivity index (χ3n) is 3.93. The van der Waals surface area contributed by atoms with Crippen LogP contribution in [0.5, 0.6) is 0 Å². The van der Waals surface area contributed by atoms with E-state index in [2.05, 4.69) is 5.10 Å². The number of aromatic nitrogens is 2. The van der Waals surface area contributed by atoms with Crippen LogP contribution >= 0.6 is 0 Å². The van der Waals surface area contributed by atoms with Gasteiger partial charge in [-0.15, -0.1) is 0 Å². The number of hydrogen-bond acceptors (Lipinski definition) is 4. The third-order valence-corrected chi connectivity index (χ3v) is 3.93. The van der Waals surface area contributed by atoms with Crippen LogP contribution in [-0.2, 0) is 16.1 Å². The number of carbonyl (C=O) groups excluding carboxylic acids is 2. The van der Waals surface area contributed by atoms with Crippen LogP contribution in [0.15, 0.2) is 60.9 Å². The van der Waals surface area contributed by atoms with Crippen LogP contribution in [0, 0.1) is 11.6 Å². The Morgan fingerprint density at radius 2 is 1.79 bits per heavy atom. The fourth-order valence-electron chi connectivity index (χ4n) is 2.52. The van der Waals surface area contributed by atoms with Gasteiger partial charge in [-0.05, 0) is 24.3 Å². The SMILES string of the molecule is CN(Cc1cnn(-c2ccccc2)c1)C(=O)COC(=O)c1cc(F)cc(F)c1. The summed E-state index contributed by atoms with van der Waals surface area (Å²) >= 11 is 0. The second kappa shape index (κ2) is 8.43. The summed E-state index contributed by atoms with van der Waals surface area (Å²) in [6, 6.07) is 11.8. The third kappa shape index (κ3) is 4.79. The van der Waals surface area contributed by atoms with Gasteiger partial charge in [-0.25, -0.2) is 18.3 Å². The van der Waals surface area contributed by atoms with Gasteiger partial charge in [0, 0.05) is 31.4 Å². The molecule has 0 fully saturated rings. The molecule has 0 aliphatic rings. The average Bonchev–Trinajstić information content (AvgIpc) is 3.14. The number of likely N-dealkylation sites (N-methyl/N-ethyl adjacent to an activating group) is 1. The first kappa shape index (κ1) is 19.2. The normalized spacial score (nSPS) is 10.5. The maximum absolute atomic E-state index is 13.2. The van der Waals surface area contributed by atoms with Gasteiger partial charge in [-0.1, -0.05) is 18.2 Å². The molecular formula is C20H17F2N3O3. The number of ether oxygens (including phenoxy) is 1. The highest BCUT2D eigenvalue weighted by Crippen LogP contribution is 2.11. The fourth-order valence-corrected chi connectivity index (χ4v) is 2.52. The zero-order valence-electron chi connectivity index (χ0n) is 15.0. The minimum Gasteiger partial charge on any atom is -0.452 e. The molecule has 6 nitrogen and oxygen atoms in total. The lowest BCUT2D eigenvalue weighted by molar-refractivity contribution is -0.133. The van der Waals surface area contributed by atoms with Crippen LogP contribution in [0.4, 0.5) is 8.78 Å². The summed E-state index contributed by atoms with van der Waals surface area (Å²) in [5, 5.41) is 4.25. The Morgan fingerprint density at radius 1 is 1.11 bits per heavy atom. The second-order valence-corrected chi connectivity index (χ2v) is 6.11. The van der Waals surface area contributed by atoms with Crippen LogP contribution in [0.1, 0.15) is 15.9 Å². The standard InChI is InChI=1S/C20H17F2N3O3/c1-24(11-14-10-23-25(12-14)18-5-3-2-4-6-18)19(26)13-28-20(27)15-7-16(21)9-17(22)8-15/h2-10,12H,11,13H2,1H3. The number of benzene rings is 2. The molecule has 1 aromatic heterocycles. The van der Waals surface area contributed by atoms with E-state index in [0.29, 0.717) is 6.07 Å². The molecule has 0 atom stereocenters. The molecule has 0 bridgehead atoms. The molecular weight excluding hydrogens is 368 g/mol. The van der Waals surface area contributed by atoms with Crippen molar-refractivity contribution in [3.8, 4) is 5.69 Å². The Balaban J connectivity index is 1.55. The number of carbonyl (C=O) groups is 2. The molecule has 2 aromatic carbocycles. The molecule has 0 saturated carbocycles. The smallest absolute Gasteiger partial charge is 0.338 e. The number of nitrogens with zero attached hydrogens (tertiary/aromatic N) is 3. The van der Waals surface area contributed by atoms with Crippen molar-refractivity contribution in [1.29, 1.82) is 0 Å². The molecule has 8 heteroatoms. The molecule has 0 unspecified atom stereocenters. The lowest BCUT2D eigenvalue weighted by Crippen LogP contribution is -2.30. The van der Waals surface area contributed by atoms with E-state index in [4.69, 9.17) is 4.74 Å². The lowest BCUT2D eigenvalue weighted by atomic mass is 10.2. The van der Waals surface area contributed by atoms with Crippen molar-refractivity contribution in [2.24, 2.45) is 0 Å². The molecule has 1 amide bonds. The van der Waals surface area contributed by atoms with Crippen molar-refractivity contribution in [2.45, 2.75) is 6.54 Å². The van der Waals surface area contributed by atoms with Gasteiger partial charge in [-0.3, -0.25) is 4.79 Å². The Hall–Kier alpha value is -3.55. The van der Waals surface area contributed by atoms with Gasteiger partial charge in [0.05, 0.1) is 17.4 Å². The van der Waals surface area contributed by atoms with E-state index in [-0.39, 0.29) is 12.1 Å². The van der Waals surface area contributed by atoms with Crippen molar-refractivity contribution in [3.63, 3.8) is 0 Å². The first-order chi connectivity index (χ1) is 13.4. The van der Waals surface area contributed by atoms with Crippen LogP contribution in [0.2, 0.25) is 0 Å². The molecule has 1 heterocycles. The van der Waals surface area contributed by atoms with Gasteiger partial charge in [0.25, 0.3) is 5.91 Å². The van der Waals surface area contributed by atoms with Gasteiger partial charge in [-0.2, -0.15) is 5.10 Å². The van der Waals surface area contributed by atoms with Crippen LogP contribution in [-0.4, -0.2) is 40.2 Å². The van der Waals surface area contributed by atoms with Crippen LogP contribution in [0.25, 0.3) is 5.69 Å². The van der Waals surface area contributed by atoms with Gasteiger partial charge < -0.3 is 9.64 Å². The molecule has 0 N–H and O–H groups in total. The van der Waals surface area contributed by atoms with Gasteiger partial charge >= 0.3 is 5.97 Å². The highest BCUT2D eigenvalue weighted by atomic mass is 19.1. The Labute approximate surface area is 160 Å². The Kier molecular flexibility index (Phi) is 5.78. The quantitative estimate of drug-likeness (QED) is 0.612. The molecule has 0 radical (unpaired) electrons. The fraction of sp³-hybridized carbons (Fsp3) is 0.150. The topological polar surface area (TPSA) is 64.4 Å². The Morgan fingerprint density at radius 3 is 2.46 bits per heavy atom. The predicted octanol–water partition coefficient (Wildman–Crippen LogP) is 2.97. The molecule has 0 spiro atoms. The van der Waals surface area contributed by atoms with Crippen molar-refractivity contribution in [1.82, 2.24) is 14.7 Å². The maximum Gasteiger partial charge on any atom is 0.338 e. The van der Waals surface area contributed by atoms with E-state index in [1.165, 1.54) is 4.90 Å². The van der Waals surface area contributed by atoms with E-state index in [1.54, 1.807) is 24.1 Å².